The van der Waals surface area contributed by atoms with Gasteiger partial charge >= 0.3 is 0 Å². The Balaban J connectivity index is 1.18. The van der Waals surface area contributed by atoms with Crippen molar-refractivity contribution in [3.8, 4) is 17.2 Å². The molecule has 0 radical (unpaired) electrons. The van der Waals surface area contributed by atoms with Crippen LogP contribution in [0.3, 0.4) is 0 Å². The van der Waals surface area contributed by atoms with Gasteiger partial charge in [0.1, 0.15) is 0 Å². The summed E-state index contributed by atoms with van der Waals surface area (Å²) >= 11 is 0. The Morgan fingerprint density at radius 1 is 0.746 bits per heavy atom. The normalized spacial score (nSPS) is 24.6. The van der Waals surface area contributed by atoms with E-state index in [4.69, 9.17) is 9.47 Å². The van der Waals surface area contributed by atoms with Gasteiger partial charge in [0.15, 0.2) is 17.3 Å². The van der Waals surface area contributed by atoms with Gasteiger partial charge in [-0.2, -0.15) is 5.01 Å². The molecular formula is C48H41N3O8. The first kappa shape index (κ1) is 37.6. The zero-order chi connectivity index (χ0) is 41.2. The van der Waals surface area contributed by atoms with Crippen LogP contribution in [-0.2, 0) is 24.6 Å². The van der Waals surface area contributed by atoms with Gasteiger partial charge in [-0.3, -0.25) is 34.3 Å². The van der Waals surface area contributed by atoms with Crippen LogP contribution in [0.2, 0.25) is 0 Å². The number of phenolic OH excluding ortho intramolecular Hbond substituents is 1. The number of carbonyl (C=O) groups is 5. The Morgan fingerprint density at radius 3 is 1.98 bits per heavy atom. The number of benzene rings is 5. The Morgan fingerprint density at radius 2 is 1.36 bits per heavy atom. The van der Waals surface area contributed by atoms with Crippen molar-refractivity contribution in [2.45, 2.75) is 31.1 Å². The molecule has 6 atom stereocenters. The molecule has 2 aliphatic heterocycles. The minimum atomic E-state index is -1.52. The maximum absolute atomic E-state index is 15.5. The first-order valence-corrected chi connectivity index (χ1v) is 19.6. The van der Waals surface area contributed by atoms with Crippen LogP contribution in [0.1, 0.15) is 51.4 Å². The van der Waals surface area contributed by atoms with E-state index in [-0.39, 0.29) is 41.8 Å². The molecule has 2 heterocycles. The number of methoxy groups -OCH3 is 2. The molecule has 6 unspecified atom stereocenters. The zero-order valence-electron chi connectivity index (χ0n) is 32.6. The second-order valence-corrected chi connectivity index (χ2v) is 15.6. The van der Waals surface area contributed by atoms with Crippen molar-refractivity contribution in [3.05, 3.63) is 161 Å². The van der Waals surface area contributed by atoms with Crippen LogP contribution in [0.5, 0.6) is 17.2 Å². The van der Waals surface area contributed by atoms with Crippen molar-refractivity contribution < 1.29 is 38.6 Å². The molecular weight excluding hydrogens is 747 g/mol. The first-order valence-electron chi connectivity index (χ1n) is 19.6. The summed E-state index contributed by atoms with van der Waals surface area (Å²) in [6.45, 7) is 1.95. The van der Waals surface area contributed by atoms with E-state index in [2.05, 4.69) is 5.43 Å². The number of hydrazine groups is 1. The number of aromatic hydroxyl groups is 1. The molecule has 5 aromatic rings. The Bertz CT molecular complexity index is 2530. The molecule has 3 fully saturated rings. The fourth-order valence-corrected chi connectivity index (χ4v) is 9.98. The van der Waals surface area contributed by atoms with Crippen molar-refractivity contribution >= 4 is 40.8 Å². The molecule has 11 nitrogen and oxygen atoms in total. The fourth-order valence-electron chi connectivity index (χ4n) is 9.98. The Labute approximate surface area is 340 Å². The molecule has 4 aliphatic rings. The van der Waals surface area contributed by atoms with Gasteiger partial charge in [0.2, 0.25) is 17.6 Å². The highest BCUT2D eigenvalue weighted by Crippen LogP contribution is 2.65. The molecule has 2 saturated heterocycles. The van der Waals surface area contributed by atoms with E-state index in [0.29, 0.717) is 33.6 Å². The maximum Gasteiger partial charge on any atom is 0.260 e. The molecule has 59 heavy (non-hydrogen) atoms. The topological polar surface area (TPSA) is 143 Å². The lowest BCUT2D eigenvalue weighted by molar-refractivity contribution is -0.138. The first-order chi connectivity index (χ1) is 28.6. The number of ketones is 1. The summed E-state index contributed by atoms with van der Waals surface area (Å²) in [5.74, 6) is -5.93. The summed E-state index contributed by atoms with van der Waals surface area (Å²) in [6.07, 6.45) is 2.29. The molecule has 2 aliphatic carbocycles. The second kappa shape index (κ2) is 14.4. The van der Waals surface area contributed by atoms with Crippen LogP contribution >= 0.6 is 0 Å². The van der Waals surface area contributed by atoms with Crippen molar-refractivity contribution in [2.24, 2.45) is 23.7 Å². The van der Waals surface area contributed by atoms with E-state index >= 15 is 9.59 Å². The quantitative estimate of drug-likeness (QED) is 0.0906. The standard InChI is InChI=1S/C48H41N3O8/c1-27-14-18-32(19-15-27)49-51-45(55)37-26-36-34(41(30-24-38(58-2)43(53)39(25-30)59-3)48(37,47(51)57)31-12-8-5-9-13-31)22-23-35-40(36)46(56)50(44(35)54)33-20-16-29(17-21-33)42(52)28-10-6-4-7-11-28/h4-22,24-25,35-37,40-41,49,53H,23,26H2,1-3H3. The summed E-state index contributed by atoms with van der Waals surface area (Å²) in [5.41, 5.74) is 6.31. The van der Waals surface area contributed by atoms with E-state index in [1.807, 2.05) is 61.5 Å². The lowest BCUT2D eigenvalue weighted by atomic mass is 9.49. The van der Waals surface area contributed by atoms with Crippen molar-refractivity contribution in [1.29, 1.82) is 0 Å². The molecule has 0 bridgehead atoms. The number of carbonyl (C=O) groups excluding carboxylic acids is 5. The summed E-state index contributed by atoms with van der Waals surface area (Å²) < 4.78 is 11.2. The number of nitrogens with zero attached hydrogens (tertiary/aromatic N) is 2. The molecule has 2 N–H and O–H groups in total. The second-order valence-electron chi connectivity index (χ2n) is 15.6. The minimum absolute atomic E-state index is 0.106. The number of hydrogen-bond acceptors (Lipinski definition) is 9. The van der Waals surface area contributed by atoms with Gasteiger partial charge in [-0.25, -0.2) is 0 Å². The molecule has 5 aromatic carbocycles. The number of imide groups is 2. The van der Waals surface area contributed by atoms with E-state index in [9.17, 15) is 19.5 Å². The van der Waals surface area contributed by atoms with Crippen LogP contribution in [0, 0.1) is 30.6 Å². The average molecular weight is 788 g/mol. The van der Waals surface area contributed by atoms with Crippen LogP contribution in [0.15, 0.2) is 133 Å². The van der Waals surface area contributed by atoms with E-state index in [0.717, 1.165) is 16.1 Å². The van der Waals surface area contributed by atoms with E-state index in [1.54, 1.807) is 72.8 Å². The van der Waals surface area contributed by atoms with E-state index < -0.39 is 52.7 Å². The van der Waals surface area contributed by atoms with Crippen molar-refractivity contribution in [2.75, 3.05) is 24.5 Å². The lowest BCUT2D eigenvalue weighted by Gasteiger charge is -2.50. The smallest absolute Gasteiger partial charge is 0.260 e. The number of allylic oxidation sites excluding steroid dienone is 2. The monoisotopic (exact) mass is 787 g/mol. The van der Waals surface area contributed by atoms with Gasteiger partial charge in [0.25, 0.3) is 11.8 Å². The molecule has 0 aromatic heterocycles. The molecule has 9 rings (SSSR count). The zero-order valence-corrected chi connectivity index (χ0v) is 32.6. The minimum Gasteiger partial charge on any atom is -0.502 e. The number of ether oxygens (including phenoxy) is 2. The van der Waals surface area contributed by atoms with Crippen LogP contribution in [0.4, 0.5) is 11.4 Å². The summed E-state index contributed by atoms with van der Waals surface area (Å²) in [5, 5.41) is 12.2. The average Bonchev–Trinajstić information content (AvgIpc) is 3.65. The number of phenols is 1. The van der Waals surface area contributed by atoms with Gasteiger partial charge < -0.3 is 14.6 Å². The Hall–Kier alpha value is -7.01. The highest BCUT2D eigenvalue weighted by molar-refractivity contribution is 6.23. The number of rotatable bonds is 9. The van der Waals surface area contributed by atoms with Crippen molar-refractivity contribution in [1.82, 2.24) is 5.01 Å². The third-order valence-corrected chi connectivity index (χ3v) is 12.7. The third kappa shape index (κ3) is 5.74. The Kier molecular flexibility index (Phi) is 9.18. The number of anilines is 2. The van der Waals surface area contributed by atoms with Gasteiger partial charge in [0, 0.05) is 17.0 Å². The highest BCUT2D eigenvalue weighted by Gasteiger charge is 2.70. The van der Waals surface area contributed by atoms with Gasteiger partial charge in [0.05, 0.1) is 48.8 Å². The van der Waals surface area contributed by atoms with Crippen molar-refractivity contribution in [3.63, 3.8) is 0 Å². The molecule has 11 heteroatoms. The molecule has 0 spiro atoms. The highest BCUT2D eigenvalue weighted by atomic mass is 16.5. The molecule has 296 valence electrons. The predicted molar refractivity (Wildman–Crippen MR) is 219 cm³/mol. The summed E-state index contributed by atoms with van der Waals surface area (Å²) in [7, 11) is 2.84. The van der Waals surface area contributed by atoms with Gasteiger partial charge in [-0.05, 0) is 85.3 Å². The summed E-state index contributed by atoms with van der Waals surface area (Å²) in [4.78, 5) is 74.0. The SMILES string of the molecule is COc1cc(C2C3=CCC4C(=O)N(c5ccc(C(=O)c6ccccc6)cc5)C(=O)C4C3CC3C(=O)N(Nc4ccc(C)cc4)C(=O)C32c2ccccc2)cc(OC)c1O. The third-order valence-electron chi connectivity index (χ3n) is 12.7. The summed E-state index contributed by atoms with van der Waals surface area (Å²) in [6, 6.07) is 35.2. The van der Waals surface area contributed by atoms with Gasteiger partial charge in [-0.15, -0.1) is 0 Å². The van der Waals surface area contributed by atoms with Crippen LogP contribution < -0.4 is 19.8 Å². The largest absolute Gasteiger partial charge is 0.502 e. The van der Waals surface area contributed by atoms with Gasteiger partial charge in [-0.1, -0.05) is 90.0 Å². The number of hydrogen-bond donors (Lipinski definition) is 2. The number of aryl methyl sites for hydroxylation is 1. The number of fused-ring (bicyclic) bond motifs is 4. The lowest BCUT2D eigenvalue weighted by Crippen LogP contribution is -2.53. The van der Waals surface area contributed by atoms with E-state index in [1.165, 1.54) is 19.1 Å². The molecule has 4 amide bonds. The van der Waals surface area contributed by atoms with Crippen LogP contribution in [0.25, 0.3) is 0 Å². The van der Waals surface area contributed by atoms with Crippen LogP contribution in [-0.4, -0.2) is 53.7 Å². The number of nitrogens with one attached hydrogen (secondary N) is 1. The molecule has 1 saturated carbocycles. The fraction of sp³-hybridized carbons (Fsp3) is 0.229. The number of amides is 4. The maximum atomic E-state index is 15.5. The predicted octanol–water partition coefficient (Wildman–Crippen LogP) is 7.14.